The van der Waals surface area contributed by atoms with Crippen LogP contribution in [-0.4, -0.2) is 25.6 Å². The largest absolute Gasteiger partial charge is 0.497 e. The monoisotopic (exact) mass is 405 g/mol. The molecular formula is C24H23NO5. The normalized spacial score (nSPS) is 13.0. The SMILES string of the molecule is COc1ccc2cc(COC(=O)COc3cccc(NC(=O)C4CC4)c3)ccc2c1. The summed E-state index contributed by atoms with van der Waals surface area (Å²) in [7, 11) is 1.64. The molecule has 0 aromatic heterocycles. The Kier molecular flexibility index (Phi) is 5.84. The van der Waals surface area contributed by atoms with Gasteiger partial charge in [-0.2, -0.15) is 0 Å². The first-order chi connectivity index (χ1) is 14.6. The molecule has 6 heteroatoms. The number of benzene rings is 3. The van der Waals surface area contributed by atoms with E-state index in [-0.39, 0.29) is 25.0 Å². The van der Waals surface area contributed by atoms with E-state index in [1.54, 1.807) is 31.4 Å². The quantitative estimate of drug-likeness (QED) is 0.565. The van der Waals surface area contributed by atoms with Crippen LogP contribution < -0.4 is 14.8 Å². The summed E-state index contributed by atoms with van der Waals surface area (Å²) >= 11 is 0. The van der Waals surface area contributed by atoms with Gasteiger partial charge >= 0.3 is 5.97 Å². The predicted octanol–water partition coefficient (Wildman–Crippen LogP) is 4.32. The first kappa shape index (κ1) is 19.8. The molecule has 154 valence electrons. The fourth-order valence-electron chi connectivity index (χ4n) is 3.09. The van der Waals surface area contributed by atoms with Crippen LogP contribution in [0.3, 0.4) is 0 Å². The molecule has 0 aliphatic heterocycles. The van der Waals surface area contributed by atoms with Crippen molar-refractivity contribution in [3.63, 3.8) is 0 Å². The highest BCUT2D eigenvalue weighted by molar-refractivity contribution is 5.94. The molecule has 3 aromatic rings. The van der Waals surface area contributed by atoms with Crippen LogP contribution in [0.25, 0.3) is 10.8 Å². The van der Waals surface area contributed by atoms with Gasteiger partial charge in [0.15, 0.2) is 6.61 Å². The van der Waals surface area contributed by atoms with E-state index in [9.17, 15) is 9.59 Å². The minimum atomic E-state index is -0.461. The average molecular weight is 405 g/mol. The highest BCUT2D eigenvalue weighted by Gasteiger charge is 2.29. The molecule has 1 aliphatic carbocycles. The molecule has 0 spiro atoms. The summed E-state index contributed by atoms with van der Waals surface area (Å²) < 4.78 is 16.1. The number of hydrogen-bond donors (Lipinski definition) is 1. The van der Waals surface area contributed by atoms with Crippen molar-refractivity contribution in [2.75, 3.05) is 19.0 Å². The smallest absolute Gasteiger partial charge is 0.344 e. The minimum Gasteiger partial charge on any atom is -0.497 e. The van der Waals surface area contributed by atoms with Crippen LogP contribution in [0.15, 0.2) is 60.7 Å². The standard InChI is InChI=1S/C24H23NO5/c1-28-21-10-9-18-11-16(5-6-19(18)12-21)14-30-23(26)15-29-22-4-2-3-20(13-22)25-24(27)17-7-8-17/h2-6,9-13,17H,7-8,14-15H2,1H3,(H,25,27). The number of carbonyl (C=O) groups excluding carboxylic acids is 2. The van der Waals surface area contributed by atoms with Gasteiger partial charge < -0.3 is 19.5 Å². The Morgan fingerprint density at radius 3 is 2.57 bits per heavy atom. The number of ether oxygens (including phenoxy) is 3. The zero-order valence-electron chi connectivity index (χ0n) is 16.7. The maximum Gasteiger partial charge on any atom is 0.344 e. The Hall–Kier alpha value is -3.54. The van der Waals surface area contributed by atoms with Gasteiger partial charge in [0.25, 0.3) is 0 Å². The van der Waals surface area contributed by atoms with Gasteiger partial charge in [0, 0.05) is 17.7 Å². The van der Waals surface area contributed by atoms with E-state index in [0.717, 1.165) is 34.9 Å². The van der Waals surface area contributed by atoms with Gasteiger partial charge in [0.1, 0.15) is 18.1 Å². The van der Waals surface area contributed by atoms with Crippen LogP contribution in [0.5, 0.6) is 11.5 Å². The first-order valence-corrected chi connectivity index (χ1v) is 9.87. The summed E-state index contributed by atoms with van der Waals surface area (Å²) in [4.78, 5) is 23.9. The number of anilines is 1. The molecule has 1 fully saturated rings. The van der Waals surface area contributed by atoms with Crippen molar-refractivity contribution in [3.05, 3.63) is 66.2 Å². The van der Waals surface area contributed by atoms with Crippen LogP contribution in [0.2, 0.25) is 0 Å². The maximum absolute atomic E-state index is 12.1. The van der Waals surface area contributed by atoms with Gasteiger partial charge in [-0.15, -0.1) is 0 Å². The highest BCUT2D eigenvalue weighted by Crippen LogP contribution is 2.30. The van der Waals surface area contributed by atoms with Crippen molar-refractivity contribution in [3.8, 4) is 11.5 Å². The lowest BCUT2D eigenvalue weighted by atomic mass is 10.1. The summed E-state index contributed by atoms with van der Waals surface area (Å²) in [5, 5.41) is 4.96. The molecule has 6 nitrogen and oxygen atoms in total. The van der Waals surface area contributed by atoms with Crippen LogP contribution >= 0.6 is 0 Å². The van der Waals surface area contributed by atoms with Crippen molar-refractivity contribution >= 4 is 28.3 Å². The minimum absolute atomic E-state index is 0.0281. The van der Waals surface area contributed by atoms with Crippen LogP contribution in [-0.2, 0) is 20.9 Å². The summed E-state index contributed by atoms with van der Waals surface area (Å²) in [6.07, 6.45) is 1.89. The van der Waals surface area contributed by atoms with E-state index in [1.807, 2.05) is 36.4 Å². The third-order valence-electron chi connectivity index (χ3n) is 4.92. The fourth-order valence-corrected chi connectivity index (χ4v) is 3.09. The molecule has 0 saturated heterocycles. The van der Waals surface area contributed by atoms with Gasteiger partial charge in [0.2, 0.25) is 5.91 Å². The first-order valence-electron chi connectivity index (χ1n) is 9.87. The number of fused-ring (bicyclic) bond motifs is 1. The van der Waals surface area contributed by atoms with E-state index < -0.39 is 5.97 Å². The topological polar surface area (TPSA) is 73.9 Å². The zero-order chi connectivity index (χ0) is 20.9. The molecule has 0 bridgehead atoms. The summed E-state index contributed by atoms with van der Waals surface area (Å²) in [5.74, 6) is 0.995. The summed E-state index contributed by atoms with van der Waals surface area (Å²) in [6, 6.07) is 18.7. The lowest BCUT2D eigenvalue weighted by molar-refractivity contribution is -0.147. The van der Waals surface area contributed by atoms with E-state index in [1.165, 1.54) is 0 Å². The number of esters is 1. The summed E-state index contributed by atoms with van der Waals surface area (Å²) in [6.45, 7) is -0.0353. The second kappa shape index (κ2) is 8.86. The van der Waals surface area contributed by atoms with Crippen LogP contribution in [0.4, 0.5) is 5.69 Å². The number of hydrogen-bond acceptors (Lipinski definition) is 5. The predicted molar refractivity (Wildman–Crippen MR) is 114 cm³/mol. The lowest BCUT2D eigenvalue weighted by Crippen LogP contribution is -2.15. The molecule has 4 rings (SSSR count). The lowest BCUT2D eigenvalue weighted by Gasteiger charge is -2.10. The molecule has 1 N–H and O–H groups in total. The Balaban J connectivity index is 1.27. The van der Waals surface area contributed by atoms with Crippen molar-refractivity contribution < 1.29 is 23.8 Å². The third-order valence-corrected chi connectivity index (χ3v) is 4.92. The third kappa shape index (κ3) is 5.08. The second-order valence-corrected chi connectivity index (χ2v) is 7.29. The molecule has 3 aromatic carbocycles. The molecule has 1 saturated carbocycles. The molecule has 0 radical (unpaired) electrons. The van der Waals surface area contributed by atoms with Crippen molar-refractivity contribution in [1.82, 2.24) is 0 Å². The number of carbonyl (C=O) groups is 2. The van der Waals surface area contributed by atoms with Gasteiger partial charge in [0.05, 0.1) is 7.11 Å². The molecule has 0 heterocycles. The van der Waals surface area contributed by atoms with E-state index in [0.29, 0.717) is 11.4 Å². The average Bonchev–Trinajstić information content (AvgIpc) is 3.61. The fraction of sp³-hybridized carbons (Fsp3) is 0.250. The molecule has 1 aliphatic rings. The molecular weight excluding hydrogens is 382 g/mol. The number of amides is 1. The van der Waals surface area contributed by atoms with E-state index in [4.69, 9.17) is 14.2 Å². The zero-order valence-corrected chi connectivity index (χ0v) is 16.7. The van der Waals surface area contributed by atoms with Crippen molar-refractivity contribution in [2.24, 2.45) is 5.92 Å². The van der Waals surface area contributed by atoms with E-state index in [2.05, 4.69) is 5.32 Å². The van der Waals surface area contributed by atoms with Gasteiger partial charge in [-0.05, 0) is 59.5 Å². The Labute approximate surface area is 174 Å². The Morgan fingerprint density at radius 2 is 1.77 bits per heavy atom. The number of methoxy groups -OCH3 is 1. The maximum atomic E-state index is 12.1. The van der Waals surface area contributed by atoms with Crippen LogP contribution in [0, 0.1) is 5.92 Å². The van der Waals surface area contributed by atoms with Crippen molar-refractivity contribution in [2.45, 2.75) is 19.4 Å². The number of nitrogens with one attached hydrogen (secondary N) is 1. The van der Waals surface area contributed by atoms with Gasteiger partial charge in [-0.25, -0.2) is 4.79 Å². The molecule has 0 unspecified atom stereocenters. The molecule has 0 atom stereocenters. The highest BCUT2D eigenvalue weighted by atomic mass is 16.6. The van der Waals surface area contributed by atoms with E-state index >= 15 is 0 Å². The molecule has 1 amide bonds. The van der Waals surface area contributed by atoms with Crippen LogP contribution in [0.1, 0.15) is 18.4 Å². The second-order valence-electron chi connectivity index (χ2n) is 7.29. The van der Waals surface area contributed by atoms with Crippen molar-refractivity contribution in [1.29, 1.82) is 0 Å². The Bertz CT molecular complexity index is 1070. The van der Waals surface area contributed by atoms with Gasteiger partial charge in [-0.1, -0.05) is 24.3 Å². The van der Waals surface area contributed by atoms with Gasteiger partial charge in [-0.3, -0.25) is 4.79 Å². The Morgan fingerprint density at radius 1 is 0.967 bits per heavy atom. The summed E-state index contributed by atoms with van der Waals surface area (Å²) in [5.41, 5.74) is 1.55. The molecule has 30 heavy (non-hydrogen) atoms. The number of rotatable bonds is 8.